The Labute approximate surface area is 195 Å². The van der Waals surface area contributed by atoms with Crippen molar-refractivity contribution in [2.75, 3.05) is 26.3 Å². The number of fused-ring (bicyclic) bond motifs is 1. The lowest BCUT2D eigenvalue weighted by atomic mass is 10.1. The van der Waals surface area contributed by atoms with Crippen LogP contribution in [-0.2, 0) is 37.3 Å². The van der Waals surface area contributed by atoms with Gasteiger partial charge in [0.25, 0.3) is 5.56 Å². The van der Waals surface area contributed by atoms with Crippen LogP contribution in [0.1, 0.15) is 17.8 Å². The molecular formula is C22H22ClN3O6S. The number of nitrogens with one attached hydrogen (secondary N) is 1. The molecule has 0 saturated carbocycles. The number of nitrogens with zero attached hydrogens (tertiary/aromatic N) is 2. The van der Waals surface area contributed by atoms with Crippen LogP contribution in [0.5, 0.6) is 0 Å². The van der Waals surface area contributed by atoms with E-state index in [1.807, 2.05) is 0 Å². The number of carbonyl (C=O) groups excluding carboxylic acids is 1. The first-order valence-electron chi connectivity index (χ1n) is 10.3. The van der Waals surface area contributed by atoms with Gasteiger partial charge in [0.05, 0.1) is 29.0 Å². The van der Waals surface area contributed by atoms with Gasteiger partial charge in [-0.2, -0.15) is 4.31 Å². The number of rotatable bonds is 7. The lowest BCUT2D eigenvalue weighted by molar-refractivity contribution is -0.145. The minimum absolute atomic E-state index is 0.0964. The molecule has 1 aliphatic heterocycles. The van der Waals surface area contributed by atoms with Crippen LogP contribution in [0.15, 0.2) is 52.2 Å². The van der Waals surface area contributed by atoms with E-state index in [0.717, 1.165) is 5.56 Å². The largest absolute Gasteiger partial charge is 0.458 e. The van der Waals surface area contributed by atoms with Crippen molar-refractivity contribution in [1.82, 2.24) is 14.3 Å². The summed E-state index contributed by atoms with van der Waals surface area (Å²) in [6.45, 7) is 1.26. The molecule has 0 atom stereocenters. The lowest BCUT2D eigenvalue weighted by Crippen LogP contribution is -2.40. The Hall–Kier alpha value is -2.79. The second-order valence-electron chi connectivity index (χ2n) is 7.50. The van der Waals surface area contributed by atoms with Crippen LogP contribution in [0, 0.1) is 0 Å². The molecule has 0 amide bonds. The Morgan fingerprint density at radius 2 is 1.88 bits per heavy atom. The van der Waals surface area contributed by atoms with E-state index in [2.05, 4.69) is 9.97 Å². The molecule has 11 heteroatoms. The van der Waals surface area contributed by atoms with Gasteiger partial charge in [0.15, 0.2) is 0 Å². The second kappa shape index (κ2) is 10.0. The van der Waals surface area contributed by atoms with Gasteiger partial charge in [-0.15, -0.1) is 0 Å². The topological polar surface area (TPSA) is 119 Å². The summed E-state index contributed by atoms with van der Waals surface area (Å²) in [5.41, 5.74) is 0.888. The molecule has 1 fully saturated rings. The smallest absolute Gasteiger partial charge is 0.306 e. The first-order chi connectivity index (χ1) is 15.8. The van der Waals surface area contributed by atoms with E-state index in [-0.39, 0.29) is 29.3 Å². The number of aromatic amines is 1. The maximum atomic E-state index is 12.7. The normalized spacial score (nSPS) is 14.9. The molecule has 2 heterocycles. The molecule has 3 aromatic rings. The molecule has 1 N–H and O–H groups in total. The number of H-pyrrole nitrogens is 1. The van der Waals surface area contributed by atoms with E-state index in [4.69, 9.17) is 21.1 Å². The highest BCUT2D eigenvalue weighted by molar-refractivity contribution is 7.89. The highest BCUT2D eigenvalue weighted by atomic mass is 35.5. The molecule has 174 valence electrons. The fourth-order valence-corrected chi connectivity index (χ4v) is 5.04. The Bertz CT molecular complexity index is 1320. The van der Waals surface area contributed by atoms with E-state index in [0.29, 0.717) is 48.6 Å². The van der Waals surface area contributed by atoms with Crippen molar-refractivity contribution < 1.29 is 22.7 Å². The quantitative estimate of drug-likeness (QED) is 0.503. The zero-order valence-electron chi connectivity index (χ0n) is 17.6. The van der Waals surface area contributed by atoms with Gasteiger partial charge in [-0.25, -0.2) is 13.4 Å². The number of morpholine rings is 1. The van der Waals surface area contributed by atoms with Gasteiger partial charge >= 0.3 is 5.97 Å². The van der Waals surface area contributed by atoms with E-state index in [9.17, 15) is 18.0 Å². The zero-order chi connectivity index (χ0) is 23.4. The van der Waals surface area contributed by atoms with Crippen LogP contribution in [0.4, 0.5) is 0 Å². The van der Waals surface area contributed by atoms with Gasteiger partial charge in [0, 0.05) is 24.5 Å². The fraction of sp³-hybridized carbons (Fsp3) is 0.318. The van der Waals surface area contributed by atoms with Gasteiger partial charge in [-0.3, -0.25) is 9.59 Å². The third-order valence-electron chi connectivity index (χ3n) is 5.24. The highest BCUT2D eigenvalue weighted by Crippen LogP contribution is 2.18. The molecule has 9 nitrogen and oxygen atoms in total. The maximum absolute atomic E-state index is 12.7. The van der Waals surface area contributed by atoms with Crippen molar-refractivity contribution in [1.29, 1.82) is 0 Å². The van der Waals surface area contributed by atoms with Crippen molar-refractivity contribution in [2.45, 2.75) is 24.3 Å². The number of halogens is 1. The minimum atomic E-state index is -3.55. The third kappa shape index (κ3) is 5.59. The number of carbonyl (C=O) groups is 1. The van der Waals surface area contributed by atoms with Crippen molar-refractivity contribution >= 4 is 38.5 Å². The second-order valence-corrected chi connectivity index (χ2v) is 9.87. The summed E-state index contributed by atoms with van der Waals surface area (Å²) in [5.74, 6) is -0.241. The summed E-state index contributed by atoms with van der Waals surface area (Å²) in [7, 11) is -3.55. The van der Waals surface area contributed by atoms with Crippen LogP contribution in [0.3, 0.4) is 0 Å². The monoisotopic (exact) mass is 491 g/mol. The Morgan fingerprint density at radius 3 is 2.61 bits per heavy atom. The first-order valence-corrected chi connectivity index (χ1v) is 12.2. The summed E-state index contributed by atoms with van der Waals surface area (Å²) in [5, 5.41) is 0.848. The zero-order valence-corrected chi connectivity index (χ0v) is 19.2. The molecule has 4 rings (SSSR count). The third-order valence-corrected chi connectivity index (χ3v) is 7.38. The molecule has 0 radical (unpaired) electrons. The Kier molecular flexibility index (Phi) is 7.08. The number of hydrogen-bond acceptors (Lipinski definition) is 7. The molecule has 0 unspecified atom stereocenters. The molecule has 2 aromatic carbocycles. The lowest BCUT2D eigenvalue weighted by Gasteiger charge is -2.26. The van der Waals surface area contributed by atoms with Crippen molar-refractivity contribution in [2.24, 2.45) is 0 Å². The Morgan fingerprint density at radius 1 is 1.15 bits per heavy atom. The number of esters is 1. The fourth-order valence-electron chi connectivity index (χ4n) is 3.46. The van der Waals surface area contributed by atoms with Gasteiger partial charge in [0.2, 0.25) is 10.0 Å². The SMILES string of the molecule is O=C(CCc1ccc(S(=O)(=O)N2CCOCC2)cc1)OCc1nc2cc(Cl)ccc2c(=O)[nH]1. The van der Waals surface area contributed by atoms with E-state index in [1.54, 1.807) is 42.5 Å². The molecule has 1 saturated heterocycles. The number of ether oxygens (including phenoxy) is 2. The first kappa shape index (κ1) is 23.4. The molecule has 0 aliphatic carbocycles. The van der Waals surface area contributed by atoms with Gasteiger partial charge in [0.1, 0.15) is 12.4 Å². The summed E-state index contributed by atoms with van der Waals surface area (Å²) in [6.07, 6.45) is 0.479. The van der Waals surface area contributed by atoms with Crippen LogP contribution in [-0.4, -0.2) is 55.0 Å². The number of sulfonamides is 1. The number of hydrogen-bond donors (Lipinski definition) is 1. The number of aryl methyl sites for hydroxylation is 1. The van der Waals surface area contributed by atoms with E-state index >= 15 is 0 Å². The molecular weight excluding hydrogens is 470 g/mol. The number of benzene rings is 2. The predicted molar refractivity (Wildman–Crippen MR) is 122 cm³/mol. The summed E-state index contributed by atoms with van der Waals surface area (Å²) < 4.78 is 37.2. The van der Waals surface area contributed by atoms with Crippen LogP contribution in [0.25, 0.3) is 10.9 Å². The van der Waals surface area contributed by atoms with Crippen LogP contribution in [0.2, 0.25) is 5.02 Å². The summed E-state index contributed by atoms with van der Waals surface area (Å²) in [6, 6.07) is 11.2. The Balaban J connectivity index is 1.32. The van der Waals surface area contributed by atoms with Gasteiger partial charge in [-0.05, 0) is 42.3 Å². The average Bonchev–Trinajstić information content (AvgIpc) is 2.82. The summed E-state index contributed by atoms with van der Waals surface area (Å²) >= 11 is 5.95. The van der Waals surface area contributed by atoms with Crippen molar-refractivity contribution in [3.05, 3.63) is 69.2 Å². The highest BCUT2D eigenvalue weighted by Gasteiger charge is 2.26. The van der Waals surface area contributed by atoms with Crippen molar-refractivity contribution in [3.8, 4) is 0 Å². The minimum Gasteiger partial charge on any atom is -0.458 e. The summed E-state index contributed by atoms with van der Waals surface area (Å²) in [4.78, 5) is 31.4. The van der Waals surface area contributed by atoms with Gasteiger partial charge < -0.3 is 14.5 Å². The van der Waals surface area contributed by atoms with E-state index < -0.39 is 16.0 Å². The van der Waals surface area contributed by atoms with Gasteiger partial charge in [-0.1, -0.05) is 23.7 Å². The van der Waals surface area contributed by atoms with Crippen molar-refractivity contribution in [3.63, 3.8) is 0 Å². The molecule has 1 aromatic heterocycles. The molecule has 0 spiro atoms. The number of aromatic nitrogens is 2. The molecule has 1 aliphatic rings. The maximum Gasteiger partial charge on any atom is 0.306 e. The standard InChI is InChI=1S/C22H22ClN3O6S/c23-16-4-7-18-19(13-16)24-20(25-22(18)28)14-32-21(27)8-3-15-1-5-17(6-2-15)33(29,30)26-9-11-31-12-10-26/h1-2,4-7,13H,3,8-12,14H2,(H,24,25,28). The average molecular weight is 492 g/mol. The van der Waals surface area contributed by atoms with Crippen LogP contribution >= 0.6 is 11.6 Å². The van der Waals surface area contributed by atoms with Crippen LogP contribution < -0.4 is 5.56 Å². The van der Waals surface area contributed by atoms with E-state index in [1.165, 1.54) is 4.31 Å². The predicted octanol–water partition coefficient (Wildman–Crippen LogP) is 2.27. The molecule has 0 bridgehead atoms. The molecule has 33 heavy (non-hydrogen) atoms.